The largest absolute Gasteiger partial charge is 0.334 e. The van der Waals surface area contributed by atoms with Crippen LogP contribution in [0.3, 0.4) is 0 Å². The molecular weight excluding hydrogens is 772 g/mol. The molecule has 0 fully saturated rings. The molecule has 1 aliphatic rings. The van der Waals surface area contributed by atoms with Gasteiger partial charge in [-0.1, -0.05) is 97.7 Å². The maximum absolute atomic E-state index is 14.6. The summed E-state index contributed by atoms with van der Waals surface area (Å²) in [5.41, 5.74) is 3.86. The SMILES string of the molecule is CCCCN(C(=O)c1nn(-c2ccc(C(=O)NS(=O)(=O)c3ccc4ccccc4c3)cc2C(=O)N2CCc3ccccc3C2)c(C)c1Cl)c1cc2ccccc2n1C. The minimum absolute atomic E-state index is 0.00845. The van der Waals surface area contributed by atoms with Crippen LogP contribution in [0, 0.1) is 6.92 Å². The van der Waals surface area contributed by atoms with Crippen LogP contribution in [0.2, 0.25) is 5.02 Å². The molecule has 0 aliphatic carbocycles. The van der Waals surface area contributed by atoms with E-state index >= 15 is 0 Å². The summed E-state index contributed by atoms with van der Waals surface area (Å²) in [6.07, 6.45) is 2.22. The summed E-state index contributed by atoms with van der Waals surface area (Å²) in [5.74, 6) is -1.01. The minimum atomic E-state index is -4.29. The number of carbonyl (C=O) groups excluding carboxylic acids is 3. The van der Waals surface area contributed by atoms with Crippen LogP contribution in [0.4, 0.5) is 5.82 Å². The second-order valence-electron chi connectivity index (χ2n) is 14.5. The lowest BCUT2D eigenvalue weighted by Gasteiger charge is -2.29. The van der Waals surface area contributed by atoms with E-state index in [1.807, 2.05) is 78.3 Å². The number of anilines is 1. The average molecular weight is 813 g/mol. The Kier molecular flexibility index (Phi) is 10.4. The van der Waals surface area contributed by atoms with Crippen LogP contribution in [0.5, 0.6) is 0 Å². The van der Waals surface area contributed by atoms with Crippen LogP contribution in [0.15, 0.2) is 120 Å². The van der Waals surface area contributed by atoms with E-state index in [2.05, 4.69) is 11.6 Å². The lowest BCUT2D eigenvalue weighted by atomic mass is 9.98. The Balaban J connectivity index is 1.18. The van der Waals surface area contributed by atoms with E-state index in [4.69, 9.17) is 16.7 Å². The maximum Gasteiger partial charge on any atom is 0.281 e. The molecule has 294 valence electrons. The van der Waals surface area contributed by atoms with Crippen LogP contribution in [-0.4, -0.2) is 58.5 Å². The highest BCUT2D eigenvalue weighted by molar-refractivity contribution is 7.90. The highest BCUT2D eigenvalue weighted by Gasteiger charge is 2.31. The van der Waals surface area contributed by atoms with Gasteiger partial charge in [-0.25, -0.2) is 17.8 Å². The van der Waals surface area contributed by atoms with Gasteiger partial charge in [-0.15, -0.1) is 0 Å². The van der Waals surface area contributed by atoms with Crippen molar-refractivity contribution in [3.63, 3.8) is 0 Å². The quantitative estimate of drug-likeness (QED) is 0.148. The molecule has 1 N–H and O–H groups in total. The van der Waals surface area contributed by atoms with Crippen LogP contribution in [0.1, 0.15) is 67.8 Å². The fourth-order valence-electron chi connectivity index (χ4n) is 7.60. The van der Waals surface area contributed by atoms with Crippen molar-refractivity contribution in [3.8, 4) is 5.69 Å². The fourth-order valence-corrected chi connectivity index (χ4v) is 8.81. The molecule has 11 nitrogen and oxygen atoms in total. The van der Waals surface area contributed by atoms with Gasteiger partial charge < -0.3 is 9.47 Å². The second kappa shape index (κ2) is 15.6. The molecular formula is C45H41ClN6O5S. The van der Waals surface area contributed by atoms with Crippen LogP contribution < -0.4 is 9.62 Å². The number of rotatable bonds is 10. The second-order valence-corrected chi connectivity index (χ2v) is 16.6. The number of hydrogen-bond donors (Lipinski definition) is 1. The number of para-hydroxylation sites is 1. The van der Waals surface area contributed by atoms with E-state index in [1.165, 1.54) is 35.0 Å². The lowest BCUT2D eigenvalue weighted by molar-refractivity contribution is 0.0734. The van der Waals surface area contributed by atoms with Gasteiger partial charge >= 0.3 is 0 Å². The summed E-state index contributed by atoms with van der Waals surface area (Å²) in [6.45, 7) is 4.94. The van der Waals surface area contributed by atoms with E-state index < -0.39 is 27.7 Å². The molecule has 2 aromatic heterocycles. The number of carbonyl (C=O) groups is 3. The third kappa shape index (κ3) is 7.14. The number of amides is 3. The van der Waals surface area contributed by atoms with E-state index in [0.717, 1.165) is 40.3 Å². The molecule has 3 amide bonds. The Hall–Kier alpha value is -6.24. The van der Waals surface area contributed by atoms with Crippen molar-refractivity contribution in [2.45, 2.75) is 44.6 Å². The van der Waals surface area contributed by atoms with Crippen molar-refractivity contribution in [2.24, 2.45) is 7.05 Å². The molecule has 0 saturated heterocycles. The van der Waals surface area contributed by atoms with Gasteiger partial charge in [-0.05, 0) is 84.1 Å². The molecule has 0 bridgehead atoms. The Bertz CT molecular complexity index is 2880. The number of fused-ring (bicyclic) bond motifs is 3. The zero-order chi connectivity index (χ0) is 40.7. The highest BCUT2D eigenvalue weighted by Crippen LogP contribution is 2.32. The molecule has 1 aliphatic heterocycles. The molecule has 0 radical (unpaired) electrons. The summed E-state index contributed by atoms with van der Waals surface area (Å²) in [5, 5.41) is 7.43. The first-order chi connectivity index (χ1) is 27.9. The number of aromatic nitrogens is 3. The van der Waals surface area contributed by atoms with Gasteiger partial charge in [0.2, 0.25) is 0 Å². The van der Waals surface area contributed by atoms with Crippen molar-refractivity contribution in [2.75, 3.05) is 18.0 Å². The van der Waals surface area contributed by atoms with E-state index in [0.29, 0.717) is 43.0 Å². The lowest BCUT2D eigenvalue weighted by Crippen LogP contribution is -2.37. The van der Waals surface area contributed by atoms with Crippen molar-refractivity contribution in [3.05, 3.63) is 154 Å². The summed E-state index contributed by atoms with van der Waals surface area (Å²) in [7, 11) is -2.38. The molecule has 13 heteroatoms. The van der Waals surface area contributed by atoms with Crippen LogP contribution >= 0.6 is 11.6 Å². The normalized spacial score (nSPS) is 12.8. The van der Waals surface area contributed by atoms with Crippen molar-refractivity contribution in [1.29, 1.82) is 0 Å². The molecule has 0 unspecified atom stereocenters. The number of nitrogens with zero attached hydrogens (tertiary/aromatic N) is 5. The predicted molar refractivity (Wildman–Crippen MR) is 226 cm³/mol. The zero-order valence-corrected chi connectivity index (χ0v) is 33.8. The van der Waals surface area contributed by atoms with Crippen LogP contribution in [0.25, 0.3) is 27.4 Å². The summed E-state index contributed by atoms with van der Waals surface area (Å²) in [4.78, 5) is 46.2. The fraction of sp³-hybridized carbons (Fsp3) is 0.200. The van der Waals surface area contributed by atoms with Gasteiger partial charge in [-0.2, -0.15) is 5.10 Å². The van der Waals surface area contributed by atoms with E-state index in [-0.39, 0.29) is 32.4 Å². The Morgan fingerprint density at radius 1 is 0.845 bits per heavy atom. The number of aryl methyl sites for hydroxylation is 1. The molecule has 0 spiro atoms. The molecule has 58 heavy (non-hydrogen) atoms. The number of unbranched alkanes of at least 4 members (excludes halogenated alkanes) is 1. The molecule has 5 aromatic carbocycles. The number of halogens is 1. The molecule has 8 rings (SSSR count). The summed E-state index contributed by atoms with van der Waals surface area (Å²) in [6, 6.07) is 34.1. The first kappa shape index (κ1) is 38.6. The number of sulfonamides is 1. The average Bonchev–Trinajstić information content (AvgIpc) is 3.73. The standard InChI is InChI=1S/C45H41ClN6O5S/c1-4-5-23-51(40-27-33-15-10-11-17-38(33)49(40)3)45(55)42-41(46)29(2)52(47-42)39-21-19-34(26-37(39)44(54)50-24-22-31-13-7-9-16-35(31)28-50)43(53)48-58(56,57)36-20-18-30-12-6-8-14-32(30)25-36/h6-21,25-27H,4-5,22-24,28H2,1-3H3,(H,48,53). The van der Waals surface area contributed by atoms with Crippen LogP contribution in [-0.2, 0) is 30.0 Å². The van der Waals surface area contributed by atoms with E-state index in [1.54, 1.807) is 34.9 Å². The first-order valence-corrected chi connectivity index (χ1v) is 21.0. The molecule has 7 aromatic rings. The first-order valence-electron chi connectivity index (χ1n) is 19.1. The molecule has 3 heterocycles. The monoisotopic (exact) mass is 812 g/mol. The Morgan fingerprint density at radius 3 is 2.31 bits per heavy atom. The maximum atomic E-state index is 14.6. The summed E-state index contributed by atoms with van der Waals surface area (Å²) >= 11 is 6.96. The Morgan fingerprint density at radius 2 is 1.55 bits per heavy atom. The third-order valence-electron chi connectivity index (χ3n) is 10.8. The van der Waals surface area contributed by atoms with E-state index in [9.17, 15) is 22.8 Å². The van der Waals surface area contributed by atoms with Crippen molar-refractivity contribution in [1.82, 2.24) is 24.0 Å². The topological polar surface area (TPSA) is 127 Å². The van der Waals surface area contributed by atoms with Crippen molar-refractivity contribution < 1.29 is 22.8 Å². The highest BCUT2D eigenvalue weighted by atomic mass is 35.5. The van der Waals surface area contributed by atoms with Gasteiger partial charge in [0.25, 0.3) is 27.7 Å². The number of benzene rings is 5. The zero-order valence-electron chi connectivity index (χ0n) is 32.3. The van der Waals surface area contributed by atoms with Gasteiger partial charge in [0, 0.05) is 43.1 Å². The third-order valence-corrected chi connectivity index (χ3v) is 12.6. The number of nitrogens with one attached hydrogen (secondary N) is 1. The van der Waals surface area contributed by atoms with Gasteiger partial charge in [0.1, 0.15) is 5.82 Å². The molecule has 0 atom stereocenters. The Labute approximate surface area is 341 Å². The van der Waals surface area contributed by atoms with Crippen molar-refractivity contribution >= 4 is 66.8 Å². The molecule has 0 saturated carbocycles. The van der Waals surface area contributed by atoms with Gasteiger partial charge in [0.05, 0.1) is 26.9 Å². The van der Waals surface area contributed by atoms with Gasteiger partial charge in [-0.3, -0.25) is 19.3 Å². The smallest absolute Gasteiger partial charge is 0.281 e. The minimum Gasteiger partial charge on any atom is -0.334 e. The number of hydrogen-bond acceptors (Lipinski definition) is 6. The predicted octanol–water partition coefficient (Wildman–Crippen LogP) is 8.24. The summed E-state index contributed by atoms with van der Waals surface area (Å²) < 4.78 is 32.6. The van der Waals surface area contributed by atoms with Gasteiger partial charge in [0.15, 0.2) is 5.69 Å².